The standard InChI is InChI=1S/C13H25NO3S/c1-10(2)5-4-6-11(3)14-13(15)12-7-8-18(16,17)9-12/h10-12H,4-9H2,1-3H3,(H,14,15). The van der Waals surface area contributed by atoms with E-state index in [1.807, 2.05) is 6.92 Å². The van der Waals surface area contributed by atoms with Gasteiger partial charge in [-0.25, -0.2) is 8.42 Å². The number of sulfone groups is 1. The zero-order chi connectivity index (χ0) is 13.8. The number of amides is 1. The molecule has 0 radical (unpaired) electrons. The van der Waals surface area contributed by atoms with Gasteiger partial charge in [-0.05, 0) is 25.7 Å². The molecule has 2 atom stereocenters. The van der Waals surface area contributed by atoms with Gasteiger partial charge in [0.05, 0.1) is 17.4 Å². The molecule has 106 valence electrons. The minimum absolute atomic E-state index is 0.0253. The van der Waals surface area contributed by atoms with E-state index in [2.05, 4.69) is 19.2 Å². The molecule has 4 nitrogen and oxygen atoms in total. The van der Waals surface area contributed by atoms with Gasteiger partial charge in [0, 0.05) is 6.04 Å². The van der Waals surface area contributed by atoms with Gasteiger partial charge in [-0.1, -0.05) is 26.7 Å². The van der Waals surface area contributed by atoms with Crippen molar-refractivity contribution in [3.05, 3.63) is 0 Å². The molecule has 1 heterocycles. The molecule has 0 aromatic rings. The maximum absolute atomic E-state index is 11.9. The minimum Gasteiger partial charge on any atom is -0.353 e. The van der Waals surface area contributed by atoms with Crippen molar-refractivity contribution in [2.75, 3.05) is 11.5 Å². The SMILES string of the molecule is CC(C)CCCC(C)NC(=O)C1CCS(=O)(=O)C1. The Hall–Kier alpha value is -0.580. The van der Waals surface area contributed by atoms with Crippen molar-refractivity contribution in [1.29, 1.82) is 0 Å². The predicted octanol–water partition coefficient (Wildman–Crippen LogP) is 1.75. The second kappa shape index (κ2) is 6.55. The van der Waals surface area contributed by atoms with Crippen LogP contribution in [0.5, 0.6) is 0 Å². The van der Waals surface area contributed by atoms with Crippen molar-refractivity contribution in [2.24, 2.45) is 11.8 Å². The van der Waals surface area contributed by atoms with E-state index in [1.54, 1.807) is 0 Å². The molecule has 1 aliphatic rings. The van der Waals surface area contributed by atoms with Crippen molar-refractivity contribution < 1.29 is 13.2 Å². The quantitative estimate of drug-likeness (QED) is 0.803. The fourth-order valence-electron chi connectivity index (χ4n) is 2.27. The zero-order valence-corrected chi connectivity index (χ0v) is 12.4. The van der Waals surface area contributed by atoms with Crippen molar-refractivity contribution in [2.45, 2.75) is 52.5 Å². The summed E-state index contributed by atoms with van der Waals surface area (Å²) in [6, 6.07) is 0.138. The van der Waals surface area contributed by atoms with Crippen LogP contribution in [0.3, 0.4) is 0 Å². The number of hydrogen-bond donors (Lipinski definition) is 1. The topological polar surface area (TPSA) is 63.2 Å². The van der Waals surface area contributed by atoms with Gasteiger partial charge in [0.1, 0.15) is 0 Å². The first-order chi connectivity index (χ1) is 8.30. The van der Waals surface area contributed by atoms with Gasteiger partial charge in [0.25, 0.3) is 0 Å². The molecule has 0 aliphatic carbocycles. The van der Waals surface area contributed by atoms with Gasteiger partial charge in [0.15, 0.2) is 9.84 Å². The van der Waals surface area contributed by atoms with Gasteiger partial charge in [-0.3, -0.25) is 4.79 Å². The fourth-order valence-corrected chi connectivity index (χ4v) is 4.01. The highest BCUT2D eigenvalue weighted by Gasteiger charge is 2.33. The smallest absolute Gasteiger partial charge is 0.224 e. The molecule has 0 aromatic carbocycles. The normalized spacial score (nSPS) is 24.1. The lowest BCUT2D eigenvalue weighted by atomic mass is 10.0. The maximum atomic E-state index is 11.9. The first-order valence-electron chi connectivity index (χ1n) is 6.81. The number of nitrogens with one attached hydrogen (secondary N) is 1. The van der Waals surface area contributed by atoms with E-state index in [1.165, 1.54) is 0 Å². The second-order valence-electron chi connectivity index (χ2n) is 5.83. The van der Waals surface area contributed by atoms with Crippen molar-refractivity contribution >= 4 is 15.7 Å². The highest BCUT2D eigenvalue weighted by Crippen LogP contribution is 2.19. The van der Waals surface area contributed by atoms with Crippen LogP contribution < -0.4 is 5.32 Å². The van der Waals surface area contributed by atoms with Crippen LogP contribution in [0.25, 0.3) is 0 Å². The lowest BCUT2D eigenvalue weighted by Crippen LogP contribution is -2.37. The van der Waals surface area contributed by atoms with Crippen LogP contribution >= 0.6 is 0 Å². The molecular weight excluding hydrogens is 250 g/mol. The molecule has 0 spiro atoms. The lowest BCUT2D eigenvalue weighted by Gasteiger charge is -2.16. The third-order valence-electron chi connectivity index (χ3n) is 3.41. The number of carbonyl (C=O) groups excluding carboxylic acids is 1. The summed E-state index contributed by atoms with van der Waals surface area (Å²) in [5.41, 5.74) is 0. The number of rotatable bonds is 6. The van der Waals surface area contributed by atoms with Gasteiger partial charge in [-0.15, -0.1) is 0 Å². The first kappa shape index (κ1) is 15.5. The summed E-state index contributed by atoms with van der Waals surface area (Å²) in [6.07, 6.45) is 3.70. The van der Waals surface area contributed by atoms with Crippen molar-refractivity contribution in [1.82, 2.24) is 5.32 Å². The lowest BCUT2D eigenvalue weighted by molar-refractivity contribution is -0.124. The zero-order valence-electron chi connectivity index (χ0n) is 11.6. The largest absolute Gasteiger partial charge is 0.353 e. The van der Waals surface area contributed by atoms with Crippen LogP contribution in [0.15, 0.2) is 0 Å². The van der Waals surface area contributed by atoms with Gasteiger partial charge >= 0.3 is 0 Å². The Morgan fingerprint density at radius 1 is 1.28 bits per heavy atom. The fraction of sp³-hybridized carbons (Fsp3) is 0.923. The Morgan fingerprint density at radius 2 is 1.94 bits per heavy atom. The van der Waals surface area contributed by atoms with E-state index in [4.69, 9.17) is 0 Å². The summed E-state index contributed by atoms with van der Waals surface area (Å²) in [7, 11) is -2.97. The van der Waals surface area contributed by atoms with E-state index in [9.17, 15) is 13.2 Å². The second-order valence-corrected chi connectivity index (χ2v) is 8.06. The van der Waals surface area contributed by atoms with E-state index in [0.29, 0.717) is 12.3 Å². The van der Waals surface area contributed by atoms with Gasteiger partial charge < -0.3 is 5.32 Å². The average molecular weight is 275 g/mol. The summed E-state index contributed by atoms with van der Waals surface area (Å²) in [5, 5.41) is 2.93. The molecule has 2 unspecified atom stereocenters. The maximum Gasteiger partial charge on any atom is 0.224 e. The molecule has 0 saturated carbocycles. The van der Waals surface area contributed by atoms with Gasteiger partial charge in [0.2, 0.25) is 5.91 Å². The molecular formula is C13H25NO3S. The summed E-state index contributed by atoms with van der Waals surface area (Å²) in [6.45, 7) is 6.36. The van der Waals surface area contributed by atoms with E-state index < -0.39 is 9.84 Å². The van der Waals surface area contributed by atoms with Crippen LogP contribution in [0.4, 0.5) is 0 Å². The molecule has 1 N–H and O–H groups in total. The Morgan fingerprint density at radius 3 is 2.44 bits per heavy atom. The molecule has 0 aromatic heterocycles. The Balaban J connectivity index is 2.28. The van der Waals surface area contributed by atoms with Crippen molar-refractivity contribution in [3.63, 3.8) is 0 Å². The monoisotopic (exact) mass is 275 g/mol. The number of hydrogen-bond acceptors (Lipinski definition) is 3. The van der Waals surface area contributed by atoms with Crippen LogP contribution in [-0.2, 0) is 14.6 Å². The molecule has 1 aliphatic heterocycles. The summed E-state index contributed by atoms with van der Waals surface area (Å²) < 4.78 is 22.6. The average Bonchev–Trinajstić information content (AvgIpc) is 2.58. The van der Waals surface area contributed by atoms with E-state index >= 15 is 0 Å². The number of carbonyl (C=O) groups is 1. The summed E-state index contributed by atoms with van der Waals surface area (Å²) >= 11 is 0. The molecule has 0 bridgehead atoms. The van der Waals surface area contributed by atoms with Crippen LogP contribution in [0, 0.1) is 11.8 Å². The molecule has 1 saturated heterocycles. The highest BCUT2D eigenvalue weighted by molar-refractivity contribution is 7.91. The van der Waals surface area contributed by atoms with Gasteiger partial charge in [-0.2, -0.15) is 0 Å². The minimum atomic E-state index is -2.97. The van der Waals surface area contributed by atoms with Crippen LogP contribution in [-0.4, -0.2) is 31.9 Å². The molecule has 1 rings (SSSR count). The van der Waals surface area contributed by atoms with Crippen LogP contribution in [0.2, 0.25) is 0 Å². The molecule has 1 fully saturated rings. The predicted molar refractivity (Wildman–Crippen MR) is 73.1 cm³/mol. The summed E-state index contributed by atoms with van der Waals surface area (Å²) in [5.74, 6) is 0.452. The Labute approximate surface area is 110 Å². The van der Waals surface area contributed by atoms with Crippen molar-refractivity contribution in [3.8, 4) is 0 Å². The third kappa shape index (κ3) is 5.38. The Kier molecular flexibility index (Phi) is 5.63. The van der Waals surface area contributed by atoms with Crippen LogP contribution in [0.1, 0.15) is 46.5 Å². The first-order valence-corrected chi connectivity index (χ1v) is 8.63. The summed E-state index contributed by atoms with van der Waals surface area (Å²) in [4.78, 5) is 11.9. The van der Waals surface area contributed by atoms with E-state index in [-0.39, 0.29) is 29.4 Å². The third-order valence-corrected chi connectivity index (χ3v) is 5.18. The molecule has 1 amide bonds. The Bertz CT molecular complexity index is 376. The van der Waals surface area contributed by atoms with E-state index in [0.717, 1.165) is 19.3 Å². The molecule has 18 heavy (non-hydrogen) atoms. The molecule has 5 heteroatoms. The highest BCUT2D eigenvalue weighted by atomic mass is 32.2.